The number of nitrogens with zero attached hydrogens (tertiary/aromatic N) is 4. The second-order valence-electron chi connectivity index (χ2n) is 6.16. The van der Waals surface area contributed by atoms with E-state index in [1.807, 2.05) is 49.4 Å². The number of ether oxygens (including phenoxy) is 2. The lowest BCUT2D eigenvalue weighted by molar-refractivity contribution is 0.355. The third kappa shape index (κ3) is 2.81. The summed E-state index contributed by atoms with van der Waals surface area (Å²) in [6.07, 6.45) is 1.65. The minimum absolute atomic E-state index is 0.159. The maximum atomic E-state index is 13.0. The van der Waals surface area contributed by atoms with Gasteiger partial charge in [-0.25, -0.2) is 19.3 Å². The predicted octanol–water partition coefficient (Wildman–Crippen LogP) is 3.29. The van der Waals surface area contributed by atoms with Gasteiger partial charge in [-0.05, 0) is 43.3 Å². The quantitative estimate of drug-likeness (QED) is 0.535. The Balaban J connectivity index is 1.89. The highest BCUT2D eigenvalue weighted by Gasteiger charge is 2.16. The van der Waals surface area contributed by atoms with E-state index in [1.54, 1.807) is 35.6 Å². The molecule has 7 heteroatoms. The molecular formula is C21H20N4O3. The zero-order chi connectivity index (χ0) is 19.7. The molecule has 0 N–H and O–H groups in total. The van der Waals surface area contributed by atoms with Crippen LogP contribution in [0.3, 0.4) is 0 Å². The first kappa shape index (κ1) is 17.8. The lowest BCUT2D eigenvalue weighted by Gasteiger charge is -2.10. The summed E-state index contributed by atoms with van der Waals surface area (Å²) in [6, 6.07) is 15.0. The van der Waals surface area contributed by atoms with Crippen molar-refractivity contribution in [2.45, 2.75) is 13.5 Å². The Morgan fingerprint density at radius 2 is 1.71 bits per heavy atom. The second-order valence-corrected chi connectivity index (χ2v) is 6.16. The zero-order valence-electron chi connectivity index (χ0n) is 15.9. The fourth-order valence-corrected chi connectivity index (χ4v) is 3.32. The molecule has 0 amide bonds. The zero-order valence-corrected chi connectivity index (χ0v) is 15.9. The summed E-state index contributed by atoms with van der Waals surface area (Å²) < 4.78 is 13.9. The smallest absolute Gasteiger partial charge is 0.336 e. The van der Waals surface area contributed by atoms with E-state index in [1.165, 1.54) is 0 Å². The van der Waals surface area contributed by atoms with Crippen molar-refractivity contribution in [3.05, 3.63) is 65.2 Å². The van der Waals surface area contributed by atoms with Crippen molar-refractivity contribution in [2.75, 3.05) is 14.2 Å². The van der Waals surface area contributed by atoms with Crippen LogP contribution in [-0.2, 0) is 6.54 Å². The fourth-order valence-electron chi connectivity index (χ4n) is 3.32. The summed E-state index contributed by atoms with van der Waals surface area (Å²) >= 11 is 0. The van der Waals surface area contributed by atoms with Gasteiger partial charge in [-0.2, -0.15) is 0 Å². The van der Waals surface area contributed by atoms with Crippen LogP contribution in [0.25, 0.3) is 28.2 Å². The Bertz CT molecular complexity index is 1210. The van der Waals surface area contributed by atoms with Crippen LogP contribution < -0.4 is 15.2 Å². The van der Waals surface area contributed by atoms with E-state index >= 15 is 0 Å². The highest BCUT2D eigenvalue weighted by molar-refractivity contribution is 5.77. The van der Waals surface area contributed by atoms with Crippen molar-refractivity contribution < 1.29 is 9.47 Å². The Morgan fingerprint density at radius 3 is 2.43 bits per heavy atom. The van der Waals surface area contributed by atoms with E-state index in [0.29, 0.717) is 29.7 Å². The minimum atomic E-state index is -0.159. The monoisotopic (exact) mass is 376 g/mol. The van der Waals surface area contributed by atoms with E-state index in [4.69, 9.17) is 9.47 Å². The van der Waals surface area contributed by atoms with Gasteiger partial charge in [0.1, 0.15) is 0 Å². The average molecular weight is 376 g/mol. The Hall–Kier alpha value is -3.61. The first-order valence-electron chi connectivity index (χ1n) is 8.94. The van der Waals surface area contributed by atoms with Gasteiger partial charge in [-0.15, -0.1) is 0 Å². The lowest BCUT2D eigenvalue weighted by Crippen LogP contribution is -2.24. The summed E-state index contributed by atoms with van der Waals surface area (Å²) in [4.78, 5) is 22.0. The van der Waals surface area contributed by atoms with Gasteiger partial charge < -0.3 is 9.47 Å². The van der Waals surface area contributed by atoms with Gasteiger partial charge in [0.15, 0.2) is 11.5 Å². The Labute approximate surface area is 161 Å². The molecule has 0 bridgehead atoms. The molecule has 2 aromatic heterocycles. The normalized spacial score (nSPS) is 11.0. The van der Waals surface area contributed by atoms with Gasteiger partial charge in [-0.3, -0.25) is 4.57 Å². The van der Waals surface area contributed by atoms with Crippen molar-refractivity contribution in [2.24, 2.45) is 0 Å². The molecule has 0 unspecified atom stereocenters. The first-order valence-corrected chi connectivity index (χ1v) is 8.94. The number of aryl methyl sites for hydroxylation is 1. The van der Waals surface area contributed by atoms with E-state index in [0.717, 1.165) is 16.6 Å². The molecule has 142 valence electrons. The summed E-state index contributed by atoms with van der Waals surface area (Å²) in [6.45, 7) is 2.51. The molecule has 0 aliphatic carbocycles. The molecule has 0 saturated carbocycles. The molecule has 0 aliphatic heterocycles. The average Bonchev–Trinajstić information content (AvgIpc) is 3.04. The van der Waals surface area contributed by atoms with E-state index in [9.17, 15) is 4.79 Å². The molecule has 2 heterocycles. The summed E-state index contributed by atoms with van der Waals surface area (Å²) in [7, 11) is 3.18. The van der Waals surface area contributed by atoms with Crippen molar-refractivity contribution in [1.82, 2.24) is 19.1 Å². The number of aromatic nitrogens is 4. The Morgan fingerprint density at radius 1 is 0.964 bits per heavy atom. The van der Waals surface area contributed by atoms with E-state index < -0.39 is 0 Å². The van der Waals surface area contributed by atoms with Gasteiger partial charge in [0.25, 0.3) is 0 Å². The number of hydrogen-bond acceptors (Lipinski definition) is 5. The standard InChI is InChI=1S/C21H20N4O3/c1-4-24-16-7-5-6-8-17(16)25(21(24)26)20-22-12-11-15(23-20)14-9-10-18(27-2)19(13-14)28-3/h5-13H,4H2,1-3H3. The fraction of sp³-hybridized carbons (Fsp3) is 0.190. The van der Waals surface area contributed by atoms with Crippen molar-refractivity contribution >= 4 is 11.0 Å². The maximum absolute atomic E-state index is 13.0. The highest BCUT2D eigenvalue weighted by Crippen LogP contribution is 2.31. The van der Waals surface area contributed by atoms with Crippen molar-refractivity contribution in [3.63, 3.8) is 0 Å². The third-order valence-corrected chi connectivity index (χ3v) is 4.67. The molecule has 0 radical (unpaired) electrons. The Kier molecular flexibility index (Phi) is 4.57. The van der Waals surface area contributed by atoms with E-state index in [2.05, 4.69) is 9.97 Å². The van der Waals surface area contributed by atoms with Crippen molar-refractivity contribution in [1.29, 1.82) is 0 Å². The van der Waals surface area contributed by atoms with E-state index in [-0.39, 0.29) is 5.69 Å². The van der Waals surface area contributed by atoms with Crippen LogP contribution in [0.15, 0.2) is 59.5 Å². The summed E-state index contributed by atoms with van der Waals surface area (Å²) in [5.74, 6) is 1.59. The van der Waals surface area contributed by atoms with Gasteiger partial charge >= 0.3 is 5.69 Å². The summed E-state index contributed by atoms with van der Waals surface area (Å²) in [5, 5.41) is 0. The predicted molar refractivity (Wildman–Crippen MR) is 107 cm³/mol. The van der Waals surface area contributed by atoms with Crippen molar-refractivity contribution in [3.8, 4) is 28.7 Å². The molecule has 0 atom stereocenters. The second kappa shape index (κ2) is 7.19. The maximum Gasteiger partial charge on any atom is 0.336 e. The van der Waals surface area contributed by atoms with Crippen LogP contribution in [0.2, 0.25) is 0 Å². The number of methoxy groups -OCH3 is 2. The molecule has 7 nitrogen and oxygen atoms in total. The van der Waals surface area contributed by atoms with Crippen LogP contribution in [0.5, 0.6) is 11.5 Å². The topological polar surface area (TPSA) is 71.2 Å². The van der Waals surface area contributed by atoms with Gasteiger partial charge in [0.05, 0.1) is 30.9 Å². The lowest BCUT2D eigenvalue weighted by atomic mass is 10.1. The van der Waals surface area contributed by atoms with Crippen LogP contribution in [0, 0.1) is 0 Å². The molecule has 28 heavy (non-hydrogen) atoms. The number of benzene rings is 2. The van der Waals surface area contributed by atoms with Crippen LogP contribution in [0.4, 0.5) is 0 Å². The first-order chi connectivity index (χ1) is 13.7. The van der Waals surface area contributed by atoms with Gasteiger partial charge in [0.2, 0.25) is 5.95 Å². The number of fused-ring (bicyclic) bond motifs is 1. The SMILES string of the molecule is CCn1c(=O)n(-c2nccc(-c3ccc(OC)c(OC)c3)n2)c2ccccc21. The third-order valence-electron chi connectivity index (χ3n) is 4.67. The molecule has 4 rings (SSSR count). The molecule has 0 saturated heterocycles. The van der Waals surface area contributed by atoms with Crippen LogP contribution in [0.1, 0.15) is 6.92 Å². The number of para-hydroxylation sites is 2. The molecule has 0 fully saturated rings. The molecule has 4 aromatic rings. The molecular weight excluding hydrogens is 356 g/mol. The number of hydrogen-bond donors (Lipinski definition) is 0. The van der Waals surface area contributed by atoms with Gasteiger partial charge in [-0.1, -0.05) is 12.1 Å². The number of imidazole rings is 1. The molecule has 0 spiro atoms. The largest absolute Gasteiger partial charge is 0.493 e. The molecule has 2 aromatic carbocycles. The summed E-state index contributed by atoms with van der Waals surface area (Å²) in [5.41, 5.74) is 3.00. The highest BCUT2D eigenvalue weighted by atomic mass is 16.5. The number of rotatable bonds is 5. The molecule has 0 aliphatic rings. The van der Waals surface area contributed by atoms with Crippen LogP contribution in [-0.4, -0.2) is 33.3 Å². The van der Waals surface area contributed by atoms with Crippen LogP contribution >= 0.6 is 0 Å². The minimum Gasteiger partial charge on any atom is -0.493 e. The van der Waals surface area contributed by atoms with Gasteiger partial charge in [0, 0.05) is 18.3 Å².